The van der Waals surface area contributed by atoms with E-state index in [9.17, 15) is 19.1 Å². The first-order valence-electron chi connectivity index (χ1n) is 8.42. The Labute approximate surface area is 165 Å². The number of benzene rings is 2. The van der Waals surface area contributed by atoms with Crippen LogP contribution in [0.25, 0.3) is 0 Å². The molecule has 0 aliphatic heterocycles. The number of amides is 2. The monoisotopic (exact) mass is 399 g/mol. The SMILES string of the molecule is C[C@H](/C=C/C(=O)NO)[C@@H](OC(=O)Nc1ccc(C#N)cc1)c1ccc(O)c(F)c1. The van der Waals surface area contributed by atoms with Gasteiger partial charge in [-0.1, -0.05) is 19.1 Å². The predicted molar refractivity (Wildman–Crippen MR) is 100 cm³/mol. The molecule has 0 unspecified atom stereocenters. The lowest BCUT2D eigenvalue weighted by Crippen LogP contribution is -2.22. The Morgan fingerprint density at radius 1 is 1.24 bits per heavy atom. The second-order valence-electron chi connectivity index (χ2n) is 6.05. The van der Waals surface area contributed by atoms with Crippen molar-refractivity contribution in [1.82, 2.24) is 5.48 Å². The Hall–Kier alpha value is -3.90. The first-order chi connectivity index (χ1) is 13.8. The van der Waals surface area contributed by atoms with E-state index in [-0.39, 0.29) is 5.56 Å². The first kappa shape index (κ1) is 21.4. The van der Waals surface area contributed by atoms with Crippen molar-refractivity contribution in [3.63, 3.8) is 0 Å². The number of carbonyl (C=O) groups is 2. The maximum absolute atomic E-state index is 13.8. The van der Waals surface area contributed by atoms with E-state index in [1.807, 2.05) is 6.07 Å². The summed E-state index contributed by atoms with van der Waals surface area (Å²) in [7, 11) is 0. The molecule has 8 nitrogen and oxygen atoms in total. The lowest BCUT2D eigenvalue weighted by atomic mass is 9.96. The van der Waals surface area contributed by atoms with Crippen molar-refractivity contribution in [2.24, 2.45) is 5.92 Å². The molecule has 0 saturated heterocycles. The van der Waals surface area contributed by atoms with E-state index in [1.54, 1.807) is 6.92 Å². The number of halogens is 1. The molecule has 0 fully saturated rings. The number of nitriles is 1. The number of nitrogens with one attached hydrogen (secondary N) is 2. The number of hydroxylamine groups is 1. The van der Waals surface area contributed by atoms with Crippen LogP contribution in [-0.2, 0) is 9.53 Å². The molecular formula is C20H18FN3O5. The molecule has 4 N–H and O–H groups in total. The molecule has 2 aromatic rings. The average molecular weight is 399 g/mol. The zero-order chi connectivity index (χ0) is 21.4. The van der Waals surface area contributed by atoms with E-state index < -0.39 is 35.6 Å². The van der Waals surface area contributed by atoms with Crippen LogP contribution < -0.4 is 10.8 Å². The maximum atomic E-state index is 13.8. The molecule has 0 radical (unpaired) electrons. The molecule has 0 aliphatic rings. The van der Waals surface area contributed by atoms with Gasteiger partial charge in [0, 0.05) is 17.7 Å². The fourth-order valence-electron chi connectivity index (χ4n) is 2.45. The van der Waals surface area contributed by atoms with Crippen molar-refractivity contribution < 1.29 is 29.0 Å². The number of anilines is 1. The lowest BCUT2D eigenvalue weighted by molar-refractivity contribution is -0.124. The topological polar surface area (TPSA) is 132 Å². The van der Waals surface area contributed by atoms with E-state index in [0.717, 1.165) is 18.2 Å². The molecular weight excluding hydrogens is 381 g/mol. The summed E-state index contributed by atoms with van der Waals surface area (Å²) in [5.74, 6) is -2.83. The molecule has 0 bridgehead atoms. The van der Waals surface area contributed by atoms with Gasteiger partial charge in [0.2, 0.25) is 0 Å². The average Bonchev–Trinajstić information content (AvgIpc) is 2.72. The highest BCUT2D eigenvalue weighted by Gasteiger charge is 2.23. The van der Waals surface area contributed by atoms with Gasteiger partial charge in [-0.05, 0) is 42.0 Å². The van der Waals surface area contributed by atoms with Gasteiger partial charge >= 0.3 is 6.09 Å². The number of aromatic hydroxyl groups is 1. The van der Waals surface area contributed by atoms with Crippen LogP contribution in [0.1, 0.15) is 24.2 Å². The minimum Gasteiger partial charge on any atom is -0.505 e. The van der Waals surface area contributed by atoms with Crippen LogP contribution in [0.15, 0.2) is 54.6 Å². The highest BCUT2D eigenvalue weighted by Crippen LogP contribution is 2.30. The Bertz CT molecular complexity index is 954. The van der Waals surface area contributed by atoms with Crippen LogP contribution in [0.4, 0.5) is 14.9 Å². The van der Waals surface area contributed by atoms with Crippen molar-refractivity contribution in [3.05, 3.63) is 71.6 Å². The second-order valence-corrected chi connectivity index (χ2v) is 6.05. The summed E-state index contributed by atoms with van der Waals surface area (Å²) in [6.07, 6.45) is 0.554. The molecule has 0 spiro atoms. The van der Waals surface area contributed by atoms with Crippen LogP contribution in [0.2, 0.25) is 0 Å². The Morgan fingerprint density at radius 3 is 2.52 bits per heavy atom. The standard InChI is InChI=1S/C20H18FN3O5/c1-12(2-9-18(26)24-28)19(14-5-8-17(25)16(21)10-14)29-20(27)23-15-6-3-13(11-22)4-7-15/h2-10,12,19,25,28H,1H3,(H,23,27)(H,24,26)/b9-2+/t12-,19-/m1/s1. The van der Waals surface area contributed by atoms with E-state index in [2.05, 4.69) is 5.32 Å². The van der Waals surface area contributed by atoms with E-state index in [1.165, 1.54) is 41.9 Å². The first-order valence-corrected chi connectivity index (χ1v) is 8.42. The highest BCUT2D eigenvalue weighted by molar-refractivity contribution is 5.86. The number of phenols is 1. The summed E-state index contributed by atoms with van der Waals surface area (Å²) in [4.78, 5) is 23.5. The van der Waals surface area contributed by atoms with Gasteiger partial charge in [-0.25, -0.2) is 14.7 Å². The smallest absolute Gasteiger partial charge is 0.412 e. The third kappa shape index (κ3) is 6.05. The molecule has 0 aromatic heterocycles. The number of carbonyl (C=O) groups excluding carboxylic acids is 2. The van der Waals surface area contributed by atoms with Gasteiger partial charge in [-0.15, -0.1) is 0 Å². The summed E-state index contributed by atoms with van der Waals surface area (Å²) in [6, 6.07) is 11.5. The molecule has 2 aromatic carbocycles. The number of phenolic OH excluding ortho intramolecular Hbond substituents is 1. The van der Waals surface area contributed by atoms with Gasteiger partial charge in [-0.2, -0.15) is 5.26 Å². The van der Waals surface area contributed by atoms with Crippen LogP contribution >= 0.6 is 0 Å². The zero-order valence-electron chi connectivity index (χ0n) is 15.3. The summed E-state index contributed by atoms with van der Waals surface area (Å²) in [5, 5.41) is 29.3. The summed E-state index contributed by atoms with van der Waals surface area (Å²) >= 11 is 0. The van der Waals surface area contributed by atoms with Crippen LogP contribution in [0, 0.1) is 23.1 Å². The van der Waals surface area contributed by atoms with Gasteiger partial charge in [0.25, 0.3) is 5.91 Å². The number of rotatable bonds is 6. The zero-order valence-corrected chi connectivity index (χ0v) is 15.3. The Balaban J connectivity index is 2.22. The second kappa shape index (κ2) is 9.87. The number of hydrogen-bond acceptors (Lipinski definition) is 6. The van der Waals surface area contributed by atoms with Crippen molar-refractivity contribution in [2.45, 2.75) is 13.0 Å². The van der Waals surface area contributed by atoms with Crippen molar-refractivity contribution in [3.8, 4) is 11.8 Å². The van der Waals surface area contributed by atoms with Crippen molar-refractivity contribution in [2.75, 3.05) is 5.32 Å². The van der Waals surface area contributed by atoms with Crippen LogP contribution in [0.5, 0.6) is 5.75 Å². The normalized spacial score (nSPS) is 12.6. The quantitative estimate of drug-likeness (QED) is 0.334. The van der Waals surface area contributed by atoms with Gasteiger partial charge in [-0.3, -0.25) is 15.3 Å². The molecule has 9 heteroatoms. The maximum Gasteiger partial charge on any atom is 0.412 e. The third-order valence-electron chi connectivity index (χ3n) is 3.93. The lowest BCUT2D eigenvalue weighted by Gasteiger charge is -2.23. The molecule has 0 aliphatic carbocycles. The van der Waals surface area contributed by atoms with Crippen LogP contribution in [-0.4, -0.2) is 22.3 Å². The van der Waals surface area contributed by atoms with Crippen molar-refractivity contribution >= 4 is 17.7 Å². The number of hydrogen-bond donors (Lipinski definition) is 4. The molecule has 2 amide bonds. The van der Waals surface area contributed by atoms with E-state index >= 15 is 0 Å². The molecule has 2 atom stereocenters. The summed E-state index contributed by atoms with van der Waals surface area (Å²) in [6.45, 7) is 1.62. The molecule has 29 heavy (non-hydrogen) atoms. The molecule has 0 heterocycles. The molecule has 2 rings (SSSR count). The van der Waals surface area contributed by atoms with Crippen molar-refractivity contribution in [1.29, 1.82) is 5.26 Å². The van der Waals surface area contributed by atoms with Gasteiger partial charge < -0.3 is 9.84 Å². The Morgan fingerprint density at radius 2 is 1.93 bits per heavy atom. The minimum absolute atomic E-state index is 0.247. The number of ether oxygens (including phenoxy) is 1. The largest absolute Gasteiger partial charge is 0.505 e. The fourth-order valence-corrected chi connectivity index (χ4v) is 2.45. The third-order valence-corrected chi connectivity index (χ3v) is 3.93. The number of nitrogens with zero attached hydrogens (tertiary/aromatic N) is 1. The molecule has 0 saturated carbocycles. The summed E-state index contributed by atoms with van der Waals surface area (Å²) < 4.78 is 19.2. The minimum atomic E-state index is -1.01. The van der Waals surface area contributed by atoms with E-state index in [4.69, 9.17) is 15.2 Å². The van der Waals surface area contributed by atoms with E-state index in [0.29, 0.717) is 11.3 Å². The predicted octanol–water partition coefficient (Wildman–Crippen LogP) is 3.39. The van der Waals surface area contributed by atoms with Gasteiger partial charge in [0.1, 0.15) is 6.10 Å². The molecule has 150 valence electrons. The highest BCUT2D eigenvalue weighted by atomic mass is 19.1. The Kier molecular flexibility index (Phi) is 7.28. The summed E-state index contributed by atoms with van der Waals surface area (Å²) in [5.41, 5.74) is 2.48. The van der Waals surface area contributed by atoms with Gasteiger partial charge in [0.15, 0.2) is 11.6 Å². The van der Waals surface area contributed by atoms with Crippen LogP contribution in [0.3, 0.4) is 0 Å². The fraction of sp³-hybridized carbons (Fsp3) is 0.150. The van der Waals surface area contributed by atoms with Gasteiger partial charge in [0.05, 0.1) is 11.6 Å².